The summed E-state index contributed by atoms with van der Waals surface area (Å²) in [5.41, 5.74) is -1.72. The molecule has 1 aliphatic rings. The summed E-state index contributed by atoms with van der Waals surface area (Å²) in [6, 6.07) is 4.25. The van der Waals surface area contributed by atoms with Crippen LogP contribution >= 0.6 is 0 Å². The third kappa shape index (κ3) is 2.61. The Morgan fingerprint density at radius 3 is 2.62 bits per heavy atom. The maximum absolute atomic E-state index is 14.1. The fourth-order valence-corrected chi connectivity index (χ4v) is 3.18. The molecule has 2 heterocycles. The van der Waals surface area contributed by atoms with Crippen LogP contribution in [0, 0.1) is 29.8 Å². The molecule has 1 unspecified atom stereocenters. The van der Waals surface area contributed by atoms with Crippen molar-refractivity contribution in [1.82, 2.24) is 10.2 Å². The SMILES string of the molecule is Cc1cc(C2(C)NC(=O)N(Cc3c(F)cccc3[N+](=O)[O-])C2=O)c(C)o1. The summed E-state index contributed by atoms with van der Waals surface area (Å²) in [4.78, 5) is 36.4. The second-order valence-electron chi connectivity index (χ2n) is 6.27. The first-order chi connectivity index (χ1) is 12.1. The van der Waals surface area contributed by atoms with Gasteiger partial charge in [-0.3, -0.25) is 19.8 Å². The van der Waals surface area contributed by atoms with Crippen molar-refractivity contribution in [3.8, 4) is 0 Å². The van der Waals surface area contributed by atoms with E-state index in [4.69, 9.17) is 4.42 Å². The van der Waals surface area contributed by atoms with Crippen LogP contribution in [0.3, 0.4) is 0 Å². The molecule has 1 aliphatic heterocycles. The largest absolute Gasteiger partial charge is 0.466 e. The van der Waals surface area contributed by atoms with Crippen LogP contribution < -0.4 is 5.32 Å². The Morgan fingerprint density at radius 2 is 2.04 bits per heavy atom. The first-order valence-corrected chi connectivity index (χ1v) is 7.78. The quantitative estimate of drug-likeness (QED) is 0.512. The lowest BCUT2D eigenvalue weighted by molar-refractivity contribution is -0.385. The van der Waals surface area contributed by atoms with Crippen molar-refractivity contribution >= 4 is 17.6 Å². The molecule has 1 aromatic heterocycles. The minimum Gasteiger partial charge on any atom is -0.466 e. The average molecular weight is 361 g/mol. The number of nitrogens with one attached hydrogen (secondary N) is 1. The predicted octanol–water partition coefficient (Wildman–Crippen LogP) is 2.91. The number of hydrogen-bond donors (Lipinski definition) is 1. The Morgan fingerprint density at radius 1 is 1.35 bits per heavy atom. The van der Waals surface area contributed by atoms with E-state index in [1.54, 1.807) is 19.9 Å². The number of nitro groups is 1. The molecule has 0 spiro atoms. The number of benzene rings is 1. The first kappa shape index (κ1) is 17.6. The Kier molecular flexibility index (Phi) is 4.02. The number of nitrogens with zero attached hydrogens (tertiary/aromatic N) is 2. The van der Waals surface area contributed by atoms with Gasteiger partial charge in [-0.25, -0.2) is 9.18 Å². The predicted molar refractivity (Wildman–Crippen MR) is 87.7 cm³/mol. The topological polar surface area (TPSA) is 106 Å². The lowest BCUT2D eigenvalue weighted by Gasteiger charge is -2.21. The van der Waals surface area contributed by atoms with Crippen molar-refractivity contribution in [3.63, 3.8) is 0 Å². The summed E-state index contributed by atoms with van der Waals surface area (Å²) in [7, 11) is 0. The Bertz CT molecular complexity index is 938. The van der Waals surface area contributed by atoms with Crippen molar-refractivity contribution in [2.75, 3.05) is 0 Å². The lowest BCUT2D eigenvalue weighted by Crippen LogP contribution is -2.41. The van der Waals surface area contributed by atoms with Gasteiger partial charge in [-0.1, -0.05) is 6.07 Å². The number of amides is 3. The number of carbonyl (C=O) groups excluding carboxylic acids is 2. The van der Waals surface area contributed by atoms with Gasteiger partial charge in [0, 0.05) is 11.6 Å². The lowest BCUT2D eigenvalue weighted by atomic mass is 9.92. The van der Waals surface area contributed by atoms with E-state index in [0.29, 0.717) is 17.1 Å². The Hall–Kier alpha value is -3.23. The molecule has 3 rings (SSSR count). The van der Waals surface area contributed by atoms with E-state index in [2.05, 4.69) is 5.32 Å². The third-order valence-electron chi connectivity index (χ3n) is 4.46. The molecule has 1 aromatic carbocycles. The molecule has 0 bridgehead atoms. The molecule has 1 atom stereocenters. The molecule has 2 aromatic rings. The molecule has 1 fully saturated rings. The van der Waals surface area contributed by atoms with Gasteiger partial charge in [-0.2, -0.15) is 0 Å². The summed E-state index contributed by atoms with van der Waals surface area (Å²) in [6.45, 7) is 4.35. The molecule has 0 aliphatic carbocycles. The highest BCUT2D eigenvalue weighted by Crippen LogP contribution is 2.34. The summed E-state index contributed by atoms with van der Waals surface area (Å²) < 4.78 is 19.5. The van der Waals surface area contributed by atoms with Gasteiger partial charge in [0.2, 0.25) is 0 Å². The van der Waals surface area contributed by atoms with Gasteiger partial charge in [0.25, 0.3) is 11.6 Å². The normalized spacial score (nSPS) is 19.8. The Labute approximate surface area is 147 Å². The van der Waals surface area contributed by atoms with Crippen LogP contribution in [0.1, 0.15) is 29.6 Å². The molecular formula is C17H16FN3O5. The number of halogens is 1. The number of carbonyl (C=O) groups is 2. The maximum Gasteiger partial charge on any atom is 0.325 e. The third-order valence-corrected chi connectivity index (χ3v) is 4.46. The van der Waals surface area contributed by atoms with E-state index >= 15 is 0 Å². The van der Waals surface area contributed by atoms with Crippen molar-refractivity contribution < 1.29 is 23.3 Å². The number of aryl methyl sites for hydroxylation is 2. The highest BCUT2D eigenvalue weighted by Gasteiger charge is 2.51. The standard InChI is InChI=1S/C17H16FN3O5/c1-9-7-12(10(2)26-9)17(3)15(22)20(16(23)19-17)8-11-13(18)5-4-6-14(11)21(24)25/h4-7H,8H2,1-3H3,(H,19,23). The maximum atomic E-state index is 14.1. The number of urea groups is 1. The van der Waals surface area contributed by atoms with Gasteiger partial charge < -0.3 is 9.73 Å². The second-order valence-corrected chi connectivity index (χ2v) is 6.27. The molecular weight excluding hydrogens is 345 g/mol. The van der Waals surface area contributed by atoms with Gasteiger partial charge in [0.05, 0.1) is 17.0 Å². The molecule has 136 valence electrons. The molecule has 26 heavy (non-hydrogen) atoms. The van der Waals surface area contributed by atoms with Crippen molar-refractivity contribution in [1.29, 1.82) is 0 Å². The van der Waals surface area contributed by atoms with Gasteiger partial charge in [0.1, 0.15) is 22.9 Å². The summed E-state index contributed by atoms with van der Waals surface area (Å²) in [5.74, 6) is -0.450. The highest BCUT2D eigenvalue weighted by molar-refractivity contribution is 6.07. The fourth-order valence-electron chi connectivity index (χ4n) is 3.18. The van der Waals surface area contributed by atoms with E-state index in [0.717, 1.165) is 17.0 Å². The highest BCUT2D eigenvalue weighted by atomic mass is 19.1. The first-order valence-electron chi connectivity index (χ1n) is 7.78. The van der Waals surface area contributed by atoms with Crippen molar-refractivity contribution in [2.45, 2.75) is 32.9 Å². The molecule has 0 saturated carbocycles. The number of nitro benzene ring substituents is 1. The average Bonchev–Trinajstić information content (AvgIpc) is 3.00. The summed E-state index contributed by atoms with van der Waals surface area (Å²) in [5, 5.41) is 13.7. The van der Waals surface area contributed by atoms with Crippen LogP contribution in [0.4, 0.5) is 14.9 Å². The molecule has 3 amide bonds. The molecule has 8 nitrogen and oxygen atoms in total. The van der Waals surface area contributed by atoms with Crippen LogP contribution in [0.2, 0.25) is 0 Å². The second kappa shape index (κ2) is 5.94. The number of hydrogen-bond acceptors (Lipinski definition) is 5. The smallest absolute Gasteiger partial charge is 0.325 e. The van der Waals surface area contributed by atoms with E-state index in [9.17, 15) is 24.1 Å². The van der Waals surface area contributed by atoms with E-state index in [1.807, 2.05) is 0 Å². The van der Waals surface area contributed by atoms with Gasteiger partial charge in [-0.15, -0.1) is 0 Å². The zero-order valence-corrected chi connectivity index (χ0v) is 14.3. The minimum atomic E-state index is -1.39. The van der Waals surface area contributed by atoms with E-state index < -0.39 is 40.4 Å². The van der Waals surface area contributed by atoms with Crippen LogP contribution in [-0.2, 0) is 16.9 Å². The van der Waals surface area contributed by atoms with Crippen molar-refractivity contribution in [2.24, 2.45) is 0 Å². The zero-order valence-electron chi connectivity index (χ0n) is 14.3. The van der Waals surface area contributed by atoms with Crippen molar-refractivity contribution in [3.05, 3.63) is 62.8 Å². The monoisotopic (exact) mass is 361 g/mol. The molecule has 9 heteroatoms. The van der Waals surface area contributed by atoms with Crippen LogP contribution in [0.15, 0.2) is 28.7 Å². The van der Waals surface area contributed by atoms with Crippen LogP contribution in [0.5, 0.6) is 0 Å². The molecule has 0 radical (unpaired) electrons. The summed E-state index contributed by atoms with van der Waals surface area (Å²) in [6.07, 6.45) is 0. The van der Waals surface area contributed by atoms with Crippen LogP contribution in [0.25, 0.3) is 0 Å². The van der Waals surface area contributed by atoms with Gasteiger partial charge in [0.15, 0.2) is 0 Å². The van der Waals surface area contributed by atoms with Gasteiger partial charge in [-0.05, 0) is 32.9 Å². The Balaban J connectivity index is 1.99. The van der Waals surface area contributed by atoms with Gasteiger partial charge >= 0.3 is 6.03 Å². The number of furan rings is 1. The zero-order chi connectivity index (χ0) is 19.2. The fraction of sp³-hybridized carbons (Fsp3) is 0.294. The molecule has 1 saturated heterocycles. The molecule has 1 N–H and O–H groups in total. The number of imide groups is 1. The van der Waals surface area contributed by atoms with E-state index in [1.165, 1.54) is 13.0 Å². The van der Waals surface area contributed by atoms with Crippen LogP contribution in [-0.4, -0.2) is 21.8 Å². The summed E-state index contributed by atoms with van der Waals surface area (Å²) >= 11 is 0. The minimum absolute atomic E-state index is 0.328. The number of rotatable bonds is 4. The van der Waals surface area contributed by atoms with E-state index in [-0.39, 0.29) is 5.56 Å².